The summed E-state index contributed by atoms with van der Waals surface area (Å²) in [4.78, 5) is 15.8. The fourth-order valence-electron chi connectivity index (χ4n) is 13.4. The van der Waals surface area contributed by atoms with Gasteiger partial charge in [0.05, 0.1) is 16.8 Å². The number of carboxylic acid groups (broad SMARTS) is 1. The Labute approximate surface area is 296 Å². The van der Waals surface area contributed by atoms with Crippen molar-refractivity contribution in [1.82, 2.24) is 10.3 Å². The van der Waals surface area contributed by atoms with Gasteiger partial charge < -0.3 is 10.4 Å². The summed E-state index contributed by atoms with van der Waals surface area (Å²) in [7, 11) is 0. The average molecular weight is 689 g/mol. The molecule has 7 heteroatoms. The summed E-state index contributed by atoms with van der Waals surface area (Å²) in [6, 6.07) is 9.96. The van der Waals surface area contributed by atoms with Crippen LogP contribution in [0, 0.1) is 51.2 Å². The molecule has 0 bridgehead atoms. The van der Waals surface area contributed by atoms with Gasteiger partial charge in [0.2, 0.25) is 0 Å². The van der Waals surface area contributed by atoms with E-state index in [1.54, 1.807) is 12.1 Å². The zero-order valence-electron chi connectivity index (χ0n) is 30.7. The SMILES string of the molecule is C=C(C)[C@@H]1CC[C@]2(NCc3ncccc3C(F)(F)F)CC[C@]3(C)[C@H](CC[C@@H]4[C@@]5(C)CC=C(c6ccc(C(=O)O)cc6)C(C)(C)[C@@H]5CC[C@]43C)[C@@H]12. The number of carboxylic acids is 1. The number of allylic oxidation sites excluding steroid dienone is 3. The third kappa shape index (κ3) is 5.10. The van der Waals surface area contributed by atoms with Crippen LogP contribution in [0.1, 0.15) is 127 Å². The Bertz CT molecular complexity index is 1710. The van der Waals surface area contributed by atoms with Crippen molar-refractivity contribution in [2.45, 2.75) is 118 Å². The van der Waals surface area contributed by atoms with Crippen LogP contribution in [0.4, 0.5) is 13.2 Å². The van der Waals surface area contributed by atoms with Crippen LogP contribution in [0.3, 0.4) is 0 Å². The molecule has 2 N–H and O–H groups in total. The maximum atomic E-state index is 14.0. The molecule has 4 nitrogen and oxygen atoms in total. The smallest absolute Gasteiger partial charge is 0.418 e. The number of nitrogens with one attached hydrogen (secondary N) is 1. The molecule has 0 unspecified atom stereocenters. The lowest BCUT2D eigenvalue weighted by molar-refractivity contribution is -0.219. The van der Waals surface area contributed by atoms with Gasteiger partial charge in [0.15, 0.2) is 0 Å². The Morgan fingerprint density at radius 2 is 1.66 bits per heavy atom. The molecule has 4 fully saturated rings. The standard InChI is InChI=1S/C43H55F3N2O2/c1-26(2)29-16-21-42(48-25-33-31(43(44,45)46)9-8-24-47-33)23-22-40(6)32(36(29)42)14-15-35-39(5)19-17-30(27-10-12-28(13-11-27)37(49)50)38(3,4)34(39)18-20-41(35,40)7/h8-13,17,24,29,32,34-36,48H,1,14-16,18-23,25H2,2-7H3,(H,49,50)/t29-,32+,34-,35+,36+,39-,40+,41+,42-/m0/s1. The summed E-state index contributed by atoms with van der Waals surface area (Å²) in [5.41, 5.74) is 3.56. The van der Waals surface area contributed by atoms with Crippen molar-refractivity contribution in [2.75, 3.05) is 0 Å². The lowest BCUT2D eigenvalue weighted by atomic mass is 9.33. The lowest BCUT2D eigenvalue weighted by Gasteiger charge is -2.72. The number of fused-ring (bicyclic) bond motifs is 7. The largest absolute Gasteiger partial charge is 0.478 e. The number of pyridine rings is 1. The number of alkyl halides is 3. The highest BCUT2D eigenvalue weighted by atomic mass is 19.4. The van der Waals surface area contributed by atoms with Crippen LogP contribution in [0.5, 0.6) is 0 Å². The second-order valence-electron chi connectivity index (χ2n) is 18.1. The van der Waals surface area contributed by atoms with E-state index < -0.39 is 17.7 Å². The van der Waals surface area contributed by atoms with Crippen LogP contribution in [0.15, 0.2) is 60.8 Å². The normalized spacial score (nSPS) is 39.0. The minimum atomic E-state index is -4.43. The monoisotopic (exact) mass is 688 g/mol. The van der Waals surface area contributed by atoms with Gasteiger partial charge in [0, 0.05) is 18.3 Å². The third-order valence-electron chi connectivity index (χ3n) is 15.9. The fourth-order valence-corrected chi connectivity index (χ4v) is 13.4. The van der Waals surface area contributed by atoms with Crippen molar-refractivity contribution < 1.29 is 23.1 Å². The number of aromatic nitrogens is 1. The molecule has 7 rings (SSSR count). The van der Waals surface area contributed by atoms with E-state index in [1.165, 1.54) is 36.3 Å². The molecule has 0 spiro atoms. The van der Waals surface area contributed by atoms with E-state index in [2.05, 4.69) is 64.5 Å². The zero-order chi connectivity index (χ0) is 36.1. The minimum Gasteiger partial charge on any atom is -0.478 e. The molecule has 5 aliphatic rings. The maximum absolute atomic E-state index is 14.0. The van der Waals surface area contributed by atoms with Gasteiger partial charge >= 0.3 is 12.1 Å². The second-order valence-corrected chi connectivity index (χ2v) is 18.1. The molecular formula is C43H55F3N2O2. The highest BCUT2D eigenvalue weighted by Gasteiger charge is 2.70. The Balaban J connectivity index is 1.20. The molecule has 1 aromatic carbocycles. The number of nitrogens with zero attached hydrogens (tertiary/aromatic N) is 1. The van der Waals surface area contributed by atoms with Crippen LogP contribution in [-0.2, 0) is 12.7 Å². The van der Waals surface area contributed by atoms with E-state index in [9.17, 15) is 23.1 Å². The van der Waals surface area contributed by atoms with Crippen LogP contribution in [0.25, 0.3) is 5.57 Å². The van der Waals surface area contributed by atoms with E-state index >= 15 is 0 Å². The predicted molar refractivity (Wildman–Crippen MR) is 192 cm³/mol. The number of rotatable bonds is 6. The van der Waals surface area contributed by atoms with Crippen molar-refractivity contribution in [3.63, 3.8) is 0 Å². The third-order valence-corrected chi connectivity index (χ3v) is 15.9. The van der Waals surface area contributed by atoms with E-state index in [-0.39, 0.29) is 39.4 Å². The molecule has 0 radical (unpaired) electrons. The summed E-state index contributed by atoms with van der Waals surface area (Å²) in [6.45, 7) is 19.4. The number of aromatic carboxylic acids is 1. The minimum absolute atomic E-state index is 0.0558. The second kappa shape index (κ2) is 11.8. The van der Waals surface area contributed by atoms with Crippen molar-refractivity contribution in [1.29, 1.82) is 0 Å². The first-order valence-corrected chi connectivity index (χ1v) is 18.8. The Morgan fingerprint density at radius 3 is 2.32 bits per heavy atom. The first kappa shape index (κ1) is 35.5. The topological polar surface area (TPSA) is 62.2 Å². The summed E-state index contributed by atoms with van der Waals surface area (Å²) in [6.07, 6.45) is 9.22. The molecule has 9 atom stereocenters. The van der Waals surface area contributed by atoms with Gasteiger partial charge in [-0.2, -0.15) is 13.2 Å². The molecule has 270 valence electrons. The van der Waals surface area contributed by atoms with Crippen molar-refractivity contribution >= 4 is 11.5 Å². The van der Waals surface area contributed by atoms with Crippen LogP contribution < -0.4 is 5.32 Å². The molecule has 50 heavy (non-hydrogen) atoms. The Morgan fingerprint density at radius 1 is 0.940 bits per heavy atom. The zero-order valence-corrected chi connectivity index (χ0v) is 30.7. The summed E-state index contributed by atoms with van der Waals surface area (Å²) < 4.78 is 41.9. The van der Waals surface area contributed by atoms with Gasteiger partial charge in [-0.15, -0.1) is 0 Å². The Kier molecular flexibility index (Phi) is 8.37. The number of benzene rings is 1. The first-order valence-electron chi connectivity index (χ1n) is 18.8. The van der Waals surface area contributed by atoms with Crippen molar-refractivity contribution in [3.05, 3.63) is 83.2 Å². The molecule has 1 aromatic heterocycles. The number of hydrogen-bond donors (Lipinski definition) is 2. The van der Waals surface area contributed by atoms with Gasteiger partial charge in [-0.1, -0.05) is 65.0 Å². The van der Waals surface area contributed by atoms with E-state index in [1.807, 2.05) is 12.1 Å². The summed E-state index contributed by atoms with van der Waals surface area (Å²) in [5, 5.41) is 13.3. The summed E-state index contributed by atoms with van der Waals surface area (Å²) >= 11 is 0. The number of carbonyl (C=O) groups is 1. The van der Waals surface area contributed by atoms with Gasteiger partial charge in [-0.25, -0.2) is 4.79 Å². The molecule has 0 amide bonds. The molecule has 5 aliphatic carbocycles. The predicted octanol–water partition coefficient (Wildman–Crippen LogP) is 11.0. The van der Waals surface area contributed by atoms with Crippen LogP contribution in [-0.4, -0.2) is 21.6 Å². The van der Waals surface area contributed by atoms with Gasteiger partial charge in [0.1, 0.15) is 0 Å². The van der Waals surface area contributed by atoms with Gasteiger partial charge in [0.25, 0.3) is 0 Å². The van der Waals surface area contributed by atoms with Gasteiger partial charge in [-0.3, -0.25) is 4.98 Å². The molecule has 1 heterocycles. The highest BCUT2D eigenvalue weighted by molar-refractivity contribution is 5.88. The van der Waals surface area contributed by atoms with E-state index in [0.717, 1.165) is 56.6 Å². The number of halogens is 3. The van der Waals surface area contributed by atoms with Crippen LogP contribution >= 0.6 is 0 Å². The summed E-state index contributed by atoms with van der Waals surface area (Å²) in [5.74, 6) is 1.33. The molecule has 0 saturated heterocycles. The lowest BCUT2D eigenvalue weighted by Crippen LogP contribution is -2.67. The van der Waals surface area contributed by atoms with Crippen LogP contribution in [0.2, 0.25) is 0 Å². The quantitative estimate of drug-likeness (QED) is 0.297. The molecule has 0 aliphatic heterocycles. The van der Waals surface area contributed by atoms with E-state index in [0.29, 0.717) is 35.2 Å². The maximum Gasteiger partial charge on any atom is 0.418 e. The average Bonchev–Trinajstić information content (AvgIpc) is 3.44. The molecule has 2 aromatic rings. The first-order chi connectivity index (χ1) is 23.4. The molecular weight excluding hydrogens is 633 g/mol. The fraction of sp³-hybridized carbons (Fsp3) is 0.628. The van der Waals surface area contributed by atoms with Gasteiger partial charge in [-0.05, 0) is 151 Å². The van der Waals surface area contributed by atoms with Crippen molar-refractivity contribution in [3.8, 4) is 0 Å². The van der Waals surface area contributed by atoms with E-state index in [4.69, 9.17) is 0 Å². The highest BCUT2D eigenvalue weighted by Crippen LogP contribution is 2.76. The number of hydrogen-bond acceptors (Lipinski definition) is 3. The Hall–Kier alpha value is -2.93. The van der Waals surface area contributed by atoms with Crippen molar-refractivity contribution in [2.24, 2.45) is 51.2 Å². The molecule has 4 saturated carbocycles.